The summed E-state index contributed by atoms with van der Waals surface area (Å²) < 4.78 is 0. The Morgan fingerprint density at radius 3 is 2.65 bits per heavy atom. The largest absolute Gasteiger partial charge is 0.389 e. The molecule has 6 heteroatoms. The van der Waals surface area contributed by atoms with Crippen LogP contribution in [-0.2, 0) is 19.4 Å². The van der Waals surface area contributed by atoms with Crippen molar-refractivity contribution in [2.75, 3.05) is 6.54 Å². The number of rotatable bonds is 7. The van der Waals surface area contributed by atoms with Gasteiger partial charge in [-0.3, -0.25) is 0 Å². The van der Waals surface area contributed by atoms with Crippen LogP contribution in [-0.4, -0.2) is 28.3 Å². The molecule has 0 aliphatic rings. The van der Waals surface area contributed by atoms with Crippen molar-refractivity contribution in [1.82, 2.24) is 15.6 Å². The van der Waals surface area contributed by atoms with Gasteiger partial charge in [0.2, 0.25) is 0 Å². The van der Waals surface area contributed by atoms with Crippen molar-refractivity contribution < 1.29 is 9.90 Å². The number of hydrogen-bond acceptors (Lipinski definition) is 4. The number of nitrogens with zero attached hydrogens (tertiary/aromatic N) is 1. The quantitative estimate of drug-likeness (QED) is 0.729. The van der Waals surface area contributed by atoms with Crippen molar-refractivity contribution in [3.8, 4) is 0 Å². The van der Waals surface area contributed by atoms with Crippen LogP contribution >= 0.6 is 11.3 Å². The molecule has 0 saturated carbocycles. The van der Waals surface area contributed by atoms with Gasteiger partial charge < -0.3 is 15.7 Å². The molecule has 23 heavy (non-hydrogen) atoms. The van der Waals surface area contributed by atoms with Crippen LogP contribution in [0.3, 0.4) is 0 Å². The van der Waals surface area contributed by atoms with Crippen LogP contribution in [0.1, 0.15) is 30.1 Å². The van der Waals surface area contributed by atoms with Crippen molar-refractivity contribution in [2.45, 2.75) is 38.8 Å². The highest BCUT2D eigenvalue weighted by Crippen LogP contribution is 2.13. The number of hydrogen-bond donors (Lipinski definition) is 3. The fraction of sp³-hybridized carbons (Fsp3) is 0.412. The van der Waals surface area contributed by atoms with E-state index in [1.807, 2.05) is 23.6 Å². The molecule has 2 rings (SSSR count). The molecule has 2 aromatic rings. The SMILES string of the molecule is CC(C)(O)CNC(=O)NCc1csc(CCc2ccccc2)n1. The topological polar surface area (TPSA) is 74.2 Å². The molecular weight excluding hydrogens is 310 g/mol. The minimum atomic E-state index is -0.914. The Hall–Kier alpha value is -1.92. The van der Waals surface area contributed by atoms with Crippen molar-refractivity contribution in [2.24, 2.45) is 0 Å². The third kappa shape index (κ3) is 6.80. The number of nitrogens with one attached hydrogen (secondary N) is 2. The van der Waals surface area contributed by atoms with E-state index in [-0.39, 0.29) is 12.6 Å². The normalized spacial score (nSPS) is 11.3. The lowest BCUT2D eigenvalue weighted by Crippen LogP contribution is -2.43. The first kappa shape index (κ1) is 17.4. The third-order valence-electron chi connectivity index (χ3n) is 3.18. The monoisotopic (exact) mass is 333 g/mol. The number of urea groups is 1. The van der Waals surface area contributed by atoms with E-state index >= 15 is 0 Å². The molecule has 0 saturated heterocycles. The smallest absolute Gasteiger partial charge is 0.315 e. The second kappa shape index (κ2) is 8.08. The van der Waals surface area contributed by atoms with Crippen LogP contribution in [0.5, 0.6) is 0 Å². The van der Waals surface area contributed by atoms with Crippen LogP contribution in [0.15, 0.2) is 35.7 Å². The summed E-state index contributed by atoms with van der Waals surface area (Å²) in [4.78, 5) is 16.2. The van der Waals surface area contributed by atoms with Crippen molar-refractivity contribution in [3.05, 3.63) is 52.0 Å². The molecule has 124 valence electrons. The van der Waals surface area contributed by atoms with Crippen LogP contribution in [0, 0.1) is 0 Å². The Kier molecular flexibility index (Phi) is 6.12. The predicted octanol–water partition coefficient (Wildman–Crippen LogP) is 2.50. The molecule has 0 fully saturated rings. The summed E-state index contributed by atoms with van der Waals surface area (Å²) in [7, 11) is 0. The Morgan fingerprint density at radius 2 is 1.96 bits per heavy atom. The highest BCUT2D eigenvalue weighted by atomic mass is 32.1. The average Bonchev–Trinajstić information content (AvgIpc) is 2.97. The van der Waals surface area contributed by atoms with E-state index < -0.39 is 5.60 Å². The predicted molar refractivity (Wildman–Crippen MR) is 92.5 cm³/mol. The Balaban J connectivity index is 1.73. The molecule has 3 N–H and O–H groups in total. The van der Waals surface area contributed by atoms with Gasteiger partial charge in [-0.2, -0.15) is 0 Å². The lowest BCUT2D eigenvalue weighted by molar-refractivity contribution is 0.0819. The summed E-state index contributed by atoms with van der Waals surface area (Å²) in [5, 5.41) is 18.0. The number of thiazole rings is 1. The Morgan fingerprint density at radius 1 is 1.22 bits per heavy atom. The van der Waals surface area contributed by atoms with Gasteiger partial charge in [-0.05, 0) is 25.8 Å². The molecular formula is C17H23N3O2S. The fourth-order valence-electron chi connectivity index (χ4n) is 1.97. The van der Waals surface area contributed by atoms with Crippen LogP contribution in [0.4, 0.5) is 4.79 Å². The van der Waals surface area contributed by atoms with Crippen molar-refractivity contribution in [1.29, 1.82) is 0 Å². The van der Waals surface area contributed by atoms with E-state index in [0.717, 1.165) is 23.5 Å². The zero-order valence-electron chi connectivity index (χ0n) is 13.5. The van der Waals surface area contributed by atoms with Crippen LogP contribution < -0.4 is 10.6 Å². The molecule has 0 aliphatic carbocycles. The van der Waals surface area contributed by atoms with Gasteiger partial charge in [-0.1, -0.05) is 30.3 Å². The molecule has 1 aromatic carbocycles. The maximum absolute atomic E-state index is 11.6. The summed E-state index contributed by atoms with van der Waals surface area (Å²) in [5.41, 5.74) is 1.24. The first-order valence-electron chi connectivity index (χ1n) is 7.64. The summed E-state index contributed by atoms with van der Waals surface area (Å²) in [5.74, 6) is 0. The summed E-state index contributed by atoms with van der Waals surface area (Å²) in [6.07, 6.45) is 1.87. The lowest BCUT2D eigenvalue weighted by atomic mass is 10.1. The molecule has 1 heterocycles. The Bertz CT molecular complexity index is 620. The molecule has 0 unspecified atom stereocenters. The third-order valence-corrected chi connectivity index (χ3v) is 4.14. The summed E-state index contributed by atoms with van der Waals surface area (Å²) in [6, 6.07) is 10.0. The zero-order chi connectivity index (χ0) is 16.7. The molecule has 5 nitrogen and oxygen atoms in total. The first-order valence-corrected chi connectivity index (χ1v) is 8.52. The van der Waals surface area contributed by atoms with E-state index in [4.69, 9.17) is 0 Å². The van der Waals surface area contributed by atoms with Gasteiger partial charge in [0, 0.05) is 18.3 Å². The maximum Gasteiger partial charge on any atom is 0.315 e. The molecule has 0 spiro atoms. The minimum absolute atomic E-state index is 0.207. The van der Waals surface area contributed by atoms with E-state index in [1.54, 1.807) is 25.2 Å². The summed E-state index contributed by atoms with van der Waals surface area (Å²) >= 11 is 1.62. The van der Waals surface area contributed by atoms with Gasteiger partial charge >= 0.3 is 6.03 Å². The first-order chi connectivity index (χ1) is 10.9. The fourth-order valence-corrected chi connectivity index (χ4v) is 2.77. The van der Waals surface area contributed by atoms with Crippen LogP contribution in [0.2, 0.25) is 0 Å². The number of carbonyl (C=O) groups is 1. The number of aliphatic hydroxyl groups is 1. The van der Waals surface area contributed by atoms with Crippen molar-refractivity contribution in [3.63, 3.8) is 0 Å². The number of aryl methyl sites for hydroxylation is 2. The molecule has 2 amide bonds. The standard InChI is InChI=1S/C17H23N3O2S/c1-17(2,22)12-19-16(21)18-10-14-11-23-15(20-14)9-8-13-6-4-3-5-7-13/h3-7,11,22H,8-10,12H2,1-2H3,(H2,18,19,21). The lowest BCUT2D eigenvalue weighted by Gasteiger charge is -2.17. The molecule has 0 atom stereocenters. The van der Waals surface area contributed by atoms with Gasteiger partial charge in [-0.25, -0.2) is 9.78 Å². The molecule has 1 aromatic heterocycles. The van der Waals surface area contributed by atoms with Gasteiger partial charge in [0.15, 0.2) is 0 Å². The highest BCUT2D eigenvalue weighted by molar-refractivity contribution is 7.09. The van der Waals surface area contributed by atoms with Crippen molar-refractivity contribution >= 4 is 17.4 Å². The highest BCUT2D eigenvalue weighted by Gasteiger charge is 2.13. The molecule has 0 bridgehead atoms. The van der Waals surface area contributed by atoms with E-state index in [2.05, 4.69) is 27.8 Å². The number of carbonyl (C=O) groups excluding carboxylic acids is 1. The molecule has 0 radical (unpaired) electrons. The number of benzene rings is 1. The second-order valence-corrected chi connectivity index (χ2v) is 7.01. The Labute approximate surface area is 140 Å². The van der Waals surface area contributed by atoms with Gasteiger partial charge in [-0.15, -0.1) is 11.3 Å². The van der Waals surface area contributed by atoms with E-state index in [1.165, 1.54) is 5.56 Å². The van der Waals surface area contributed by atoms with Crippen LogP contribution in [0.25, 0.3) is 0 Å². The van der Waals surface area contributed by atoms with Gasteiger partial charge in [0.05, 0.1) is 22.8 Å². The van der Waals surface area contributed by atoms with Gasteiger partial charge in [0.1, 0.15) is 0 Å². The summed E-state index contributed by atoms with van der Waals surface area (Å²) in [6.45, 7) is 3.89. The van der Waals surface area contributed by atoms with E-state index in [9.17, 15) is 9.90 Å². The van der Waals surface area contributed by atoms with E-state index in [0.29, 0.717) is 6.54 Å². The average molecular weight is 333 g/mol. The maximum atomic E-state index is 11.6. The zero-order valence-corrected chi connectivity index (χ0v) is 14.3. The van der Waals surface area contributed by atoms with Gasteiger partial charge in [0.25, 0.3) is 0 Å². The second-order valence-electron chi connectivity index (χ2n) is 6.07. The molecule has 0 aliphatic heterocycles. The minimum Gasteiger partial charge on any atom is -0.389 e. The number of amides is 2. The number of aromatic nitrogens is 1.